The summed E-state index contributed by atoms with van der Waals surface area (Å²) in [5.74, 6) is -0.259. The summed E-state index contributed by atoms with van der Waals surface area (Å²) in [5, 5.41) is 9.01. The topological polar surface area (TPSA) is 54.4 Å². The van der Waals surface area contributed by atoms with Crippen molar-refractivity contribution in [1.29, 1.82) is 0 Å². The quantitative estimate of drug-likeness (QED) is 0.611. The molecule has 0 aliphatic carbocycles. The molecule has 136 valence electrons. The molecule has 0 aromatic heterocycles. The number of ketones is 2. The van der Waals surface area contributed by atoms with Gasteiger partial charge in [0.15, 0.2) is 11.6 Å². The lowest BCUT2D eigenvalue weighted by Gasteiger charge is -2.12. The first-order valence-corrected chi connectivity index (χ1v) is 9.01. The minimum absolute atomic E-state index is 0.0160. The third kappa shape index (κ3) is 4.57. The Morgan fingerprint density at radius 1 is 0.778 bits per heavy atom. The molecule has 3 aromatic rings. The van der Waals surface area contributed by atoms with E-state index < -0.39 is 6.61 Å². The SMILES string of the molecule is C[C@H](CC(=O)c1ccc(-c2ccccc2)cc1)c1cccc(C(=O)CO)c1. The van der Waals surface area contributed by atoms with E-state index in [1.807, 2.05) is 67.6 Å². The molecule has 0 fully saturated rings. The highest BCUT2D eigenvalue weighted by Crippen LogP contribution is 2.24. The van der Waals surface area contributed by atoms with Crippen molar-refractivity contribution in [3.05, 3.63) is 95.6 Å². The van der Waals surface area contributed by atoms with Crippen LogP contribution in [0.5, 0.6) is 0 Å². The molecule has 3 nitrogen and oxygen atoms in total. The number of aliphatic hydroxyl groups excluding tert-OH is 1. The van der Waals surface area contributed by atoms with E-state index in [1.54, 1.807) is 18.2 Å². The lowest BCUT2D eigenvalue weighted by Crippen LogP contribution is -2.08. The molecule has 0 aliphatic rings. The molecule has 27 heavy (non-hydrogen) atoms. The predicted octanol–water partition coefficient (Wildman–Crippen LogP) is 4.91. The van der Waals surface area contributed by atoms with Crippen LogP contribution in [0.2, 0.25) is 0 Å². The number of hydrogen-bond acceptors (Lipinski definition) is 3. The summed E-state index contributed by atoms with van der Waals surface area (Å²) in [6, 6.07) is 24.8. The summed E-state index contributed by atoms with van der Waals surface area (Å²) in [7, 11) is 0. The van der Waals surface area contributed by atoms with Gasteiger partial charge in [0.1, 0.15) is 6.61 Å². The minimum Gasteiger partial charge on any atom is -0.388 e. The predicted molar refractivity (Wildman–Crippen MR) is 107 cm³/mol. The van der Waals surface area contributed by atoms with Crippen molar-refractivity contribution >= 4 is 11.6 Å². The van der Waals surface area contributed by atoms with Gasteiger partial charge in [0, 0.05) is 17.5 Å². The first kappa shape index (κ1) is 18.7. The second-order valence-electron chi connectivity index (χ2n) is 6.68. The number of hydrogen-bond donors (Lipinski definition) is 1. The number of aliphatic hydroxyl groups is 1. The minimum atomic E-state index is -0.509. The fourth-order valence-electron chi connectivity index (χ4n) is 3.10. The summed E-state index contributed by atoms with van der Waals surface area (Å²) in [4.78, 5) is 24.3. The normalized spacial score (nSPS) is 11.8. The maximum Gasteiger partial charge on any atom is 0.188 e. The number of carbonyl (C=O) groups is 2. The van der Waals surface area contributed by atoms with Gasteiger partial charge in [0.25, 0.3) is 0 Å². The summed E-state index contributed by atoms with van der Waals surface area (Å²) in [6.45, 7) is 1.46. The van der Waals surface area contributed by atoms with Crippen molar-refractivity contribution in [3.63, 3.8) is 0 Å². The number of rotatable bonds is 7. The van der Waals surface area contributed by atoms with E-state index in [-0.39, 0.29) is 17.5 Å². The summed E-state index contributed by atoms with van der Waals surface area (Å²) in [6.07, 6.45) is 0.363. The van der Waals surface area contributed by atoms with E-state index >= 15 is 0 Å². The van der Waals surface area contributed by atoms with Gasteiger partial charge < -0.3 is 5.11 Å². The average Bonchev–Trinajstić information content (AvgIpc) is 2.74. The molecule has 3 rings (SSSR count). The zero-order chi connectivity index (χ0) is 19.2. The first-order chi connectivity index (χ1) is 13.1. The van der Waals surface area contributed by atoms with Crippen LogP contribution in [0.15, 0.2) is 78.9 Å². The number of carbonyl (C=O) groups excluding carboxylic acids is 2. The zero-order valence-corrected chi connectivity index (χ0v) is 15.3. The van der Waals surface area contributed by atoms with Gasteiger partial charge >= 0.3 is 0 Å². The Balaban J connectivity index is 1.71. The third-order valence-electron chi connectivity index (χ3n) is 4.73. The van der Waals surface area contributed by atoms with Gasteiger partial charge in [0.2, 0.25) is 0 Å². The van der Waals surface area contributed by atoms with Crippen LogP contribution in [0.25, 0.3) is 11.1 Å². The van der Waals surface area contributed by atoms with Crippen molar-refractivity contribution in [2.45, 2.75) is 19.3 Å². The second-order valence-corrected chi connectivity index (χ2v) is 6.68. The molecule has 0 saturated heterocycles. The van der Waals surface area contributed by atoms with Gasteiger partial charge in [-0.05, 0) is 28.7 Å². The Hall–Kier alpha value is -3.04. The largest absolute Gasteiger partial charge is 0.388 e. The highest BCUT2D eigenvalue weighted by Gasteiger charge is 2.15. The molecule has 0 radical (unpaired) electrons. The Kier molecular flexibility index (Phi) is 5.94. The summed E-state index contributed by atoms with van der Waals surface area (Å²) in [5.41, 5.74) is 4.28. The molecule has 0 spiro atoms. The van der Waals surface area contributed by atoms with Crippen LogP contribution < -0.4 is 0 Å². The van der Waals surface area contributed by atoms with Crippen molar-refractivity contribution < 1.29 is 14.7 Å². The van der Waals surface area contributed by atoms with Gasteiger partial charge in [-0.1, -0.05) is 79.7 Å². The van der Waals surface area contributed by atoms with E-state index in [2.05, 4.69) is 0 Å². The monoisotopic (exact) mass is 358 g/mol. The molecule has 1 atom stereocenters. The highest BCUT2D eigenvalue weighted by atomic mass is 16.3. The van der Waals surface area contributed by atoms with E-state index in [4.69, 9.17) is 5.11 Å². The van der Waals surface area contributed by atoms with Gasteiger partial charge in [-0.15, -0.1) is 0 Å². The van der Waals surface area contributed by atoms with Crippen LogP contribution in [0.3, 0.4) is 0 Å². The Morgan fingerprint density at radius 2 is 1.44 bits per heavy atom. The van der Waals surface area contributed by atoms with E-state index in [1.165, 1.54) is 0 Å². The summed E-state index contributed by atoms with van der Waals surface area (Å²) >= 11 is 0. The standard InChI is InChI=1S/C24H22O3/c1-17(21-8-5-9-22(15-21)24(27)16-25)14-23(26)20-12-10-19(11-13-20)18-6-3-2-4-7-18/h2-13,15,17,25H,14,16H2,1H3/t17-/m1/s1. The van der Waals surface area contributed by atoms with Gasteiger partial charge in [-0.2, -0.15) is 0 Å². The zero-order valence-electron chi connectivity index (χ0n) is 15.3. The lowest BCUT2D eigenvalue weighted by atomic mass is 9.91. The van der Waals surface area contributed by atoms with Crippen LogP contribution >= 0.6 is 0 Å². The van der Waals surface area contributed by atoms with Gasteiger partial charge in [-0.25, -0.2) is 0 Å². The maximum atomic E-state index is 12.6. The van der Waals surface area contributed by atoms with Crippen LogP contribution in [0.1, 0.15) is 45.5 Å². The Labute approximate surface area is 159 Å². The van der Waals surface area contributed by atoms with Crippen LogP contribution in [-0.2, 0) is 0 Å². The highest BCUT2D eigenvalue weighted by molar-refractivity contribution is 5.98. The summed E-state index contributed by atoms with van der Waals surface area (Å²) < 4.78 is 0. The molecule has 0 saturated carbocycles. The van der Waals surface area contributed by atoms with Crippen molar-refractivity contribution in [2.75, 3.05) is 6.61 Å². The van der Waals surface area contributed by atoms with Crippen molar-refractivity contribution in [3.8, 4) is 11.1 Å². The Bertz CT molecular complexity index is 927. The van der Waals surface area contributed by atoms with Crippen molar-refractivity contribution in [2.24, 2.45) is 0 Å². The van der Waals surface area contributed by atoms with E-state index in [0.29, 0.717) is 17.5 Å². The molecule has 0 unspecified atom stereocenters. The number of benzene rings is 3. The number of Topliss-reactive ketones (excluding diaryl/α,β-unsaturated/α-hetero) is 2. The van der Waals surface area contributed by atoms with Crippen LogP contribution in [-0.4, -0.2) is 23.3 Å². The second kappa shape index (κ2) is 8.56. The third-order valence-corrected chi connectivity index (χ3v) is 4.73. The Morgan fingerprint density at radius 3 is 2.11 bits per heavy atom. The van der Waals surface area contributed by atoms with E-state index in [9.17, 15) is 9.59 Å². The van der Waals surface area contributed by atoms with Gasteiger partial charge in [0.05, 0.1) is 0 Å². The van der Waals surface area contributed by atoms with Gasteiger partial charge in [-0.3, -0.25) is 9.59 Å². The first-order valence-electron chi connectivity index (χ1n) is 9.01. The molecule has 0 aliphatic heterocycles. The average molecular weight is 358 g/mol. The van der Waals surface area contributed by atoms with E-state index in [0.717, 1.165) is 16.7 Å². The molecule has 3 aromatic carbocycles. The lowest BCUT2D eigenvalue weighted by molar-refractivity contribution is 0.0903. The fourth-order valence-corrected chi connectivity index (χ4v) is 3.10. The molecule has 0 bridgehead atoms. The van der Waals surface area contributed by atoms with Crippen LogP contribution in [0.4, 0.5) is 0 Å². The fraction of sp³-hybridized carbons (Fsp3) is 0.167. The molecule has 3 heteroatoms. The van der Waals surface area contributed by atoms with Crippen LogP contribution in [0, 0.1) is 0 Å². The molecular weight excluding hydrogens is 336 g/mol. The molecular formula is C24H22O3. The molecule has 0 amide bonds. The molecule has 0 heterocycles. The molecule has 1 N–H and O–H groups in total. The van der Waals surface area contributed by atoms with Crippen molar-refractivity contribution in [1.82, 2.24) is 0 Å². The maximum absolute atomic E-state index is 12.6. The smallest absolute Gasteiger partial charge is 0.188 e.